The Labute approximate surface area is 179 Å². The molecule has 0 spiro atoms. The Morgan fingerprint density at radius 3 is 2.79 bits per heavy atom. The molecule has 2 aromatic carbocycles. The summed E-state index contributed by atoms with van der Waals surface area (Å²) in [6.45, 7) is 5.70. The number of nitrogens with zero attached hydrogens (tertiary/aromatic N) is 3. The summed E-state index contributed by atoms with van der Waals surface area (Å²) in [5.41, 5.74) is 3.62. The van der Waals surface area contributed by atoms with E-state index >= 15 is 0 Å². The minimum absolute atomic E-state index is 0.0820. The second kappa shape index (κ2) is 9.07. The summed E-state index contributed by atoms with van der Waals surface area (Å²) in [6, 6.07) is 13.6. The van der Waals surface area contributed by atoms with E-state index in [-0.39, 0.29) is 11.7 Å². The highest BCUT2D eigenvalue weighted by Crippen LogP contribution is 2.34. The van der Waals surface area contributed by atoms with Crippen LogP contribution in [-0.4, -0.2) is 47.5 Å². The summed E-state index contributed by atoms with van der Waals surface area (Å²) in [7, 11) is 0. The molecular weight excluding hydrogens is 408 g/mol. The van der Waals surface area contributed by atoms with Crippen LogP contribution in [0.3, 0.4) is 0 Å². The molecule has 1 aromatic heterocycles. The van der Waals surface area contributed by atoms with Crippen molar-refractivity contribution < 1.29 is 9.53 Å². The Balaban J connectivity index is 1.48. The Bertz CT molecular complexity index is 1020. The van der Waals surface area contributed by atoms with E-state index in [1.165, 1.54) is 11.8 Å². The standard InChI is InChI=1S/C21H23ClN4O2S/c1-2-26-18-9-4-3-7-16(18)24-21(26)29-14-19(27)23-17-8-5-6-15(22)20(17)25-10-12-28-13-11-25/h3-9H,2,10-14H2,1H3,(H,23,27). The molecule has 1 aliphatic heterocycles. The van der Waals surface area contributed by atoms with Gasteiger partial charge in [-0.05, 0) is 31.2 Å². The van der Waals surface area contributed by atoms with Crippen LogP contribution in [0.5, 0.6) is 0 Å². The number of carbonyl (C=O) groups excluding carboxylic acids is 1. The quantitative estimate of drug-likeness (QED) is 0.591. The van der Waals surface area contributed by atoms with E-state index in [4.69, 9.17) is 16.3 Å². The fourth-order valence-electron chi connectivity index (χ4n) is 3.51. The first-order valence-electron chi connectivity index (χ1n) is 9.66. The van der Waals surface area contributed by atoms with Gasteiger partial charge in [0.15, 0.2) is 5.16 Å². The fourth-order valence-corrected chi connectivity index (χ4v) is 4.68. The van der Waals surface area contributed by atoms with Crippen molar-refractivity contribution in [2.75, 3.05) is 42.3 Å². The van der Waals surface area contributed by atoms with Crippen LogP contribution in [0.15, 0.2) is 47.6 Å². The smallest absolute Gasteiger partial charge is 0.234 e. The van der Waals surface area contributed by atoms with Gasteiger partial charge < -0.3 is 19.5 Å². The average molecular weight is 431 g/mol. The Morgan fingerprint density at radius 2 is 2.00 bits per heavy atom. The predicted octanol–water partition coefficient (Wildman–Crippen LogP) is 4.28. The van der Waals surface area contributed by atoms with E-state index in [2.05, 4.69) is 32.8 Å². The highest BCUT2D eigenvalue weighted by Gasteiger charge is 2.19. The van der Waals surface area contributed by atoms with Crippen LogP contribution in [0, 0.1) is 0 Å². The lowest BCUT2D eigenvalue weighted by molar-refractivity contribution is -0.113. The minimum Gasteiger partial charge on any atom is -0.378 e. The molecule has 29 heavy (non-hydrogen) atoms. The lowest BCUT2D eigenvalue weighted by Gasteiger charge is -2.31. The summed E-state index contributed by atoms with van der Waals surface area (Å²) in [6.07, 6.45) is 0. The van der Waals surface area contributed by atoms with Crippen molar-refractivity contribution in [3.05, 3.63) is 47.5 Å². The highest BCUT2D eigenvalue weighted by molar-refractivity contribution is 7.99. The van der Waals surface area contributed by atoms with Crippen LogP contribution in [-0.2, 0) is 16.1 Å². The van der Waals surface area contributed by atoms with Gasteiger partial charge in [0.05, 0.1) is 46.4 Å². The van der Waals surface area contributed by atoms with Gasteiger partial charge in [0.1, 0.15) is 0 Å². The molecule has 2 heterocycles. The largest absolute Gasteiger partial charge is 0.378 e. The molecule has 1 amide bonds. The maximum absolute atomic E-state index is 12.7. The number of anilines is 2. The highest BCUT2D eigenvalue weighted by atomic mass is 35.5. The maximum atomic E-state index is 12.7. The number of halogens is 1. The van der Waals surface area contributed by atoms with Crippen molar-refractivity contribution in [3.63, 3.8) is 0 Å². The number of rotatable bonds is 6. The van der Waals surface area contributed by atoms with E-state index in [0.29, 0.717) is 18.2 Å². The monoisotopic (exact) mass is 430 g/mol. The Kier molecular flexibility index (Phi) is 6.28. The molecule has 1 aliphatic rings. The van der Waals surface area contributed by atoms with Gasteiger partial charge in [0, 0.05) is 19.6 Å². The van der Waals surface area contributed by atoms with Gasteiger partial charge in [-0.25, -0.2) is 4.98 Å². The molecule has 0 atom stereocenters. The van der Waals surface area contributed by atoms with Crippen LogP contribution in [0.1, 0.15) is 6.92 Å². The van der Waals surface area contributed by atoms with Gasteiger partial charge in [-0.15, -0.1) is 0 Å². The van der Waals surface area contributed by atoms with E-state index in [1.807, 2.05) is 36.4 Å². The topological polar surface area (TPSA) is 59.4 Å². The first-order chi connectivity index (χ1) is 14.2. The summed E-state index contributed by atoms with van der Waals surface area (Å²) in [5.74, 6) is 0.194. The summed E-state index contributed by atoms with van der Waals surface area (Å²) < 4.78 is 7.56. The third-order valence-corrected chi connectivity index (χ3v) is 6.14. The number of hydrogen-bond acceptors (Lipinski definition) is 5. The summed E-state index contributed by atoms with van der Waals surface area (Å²) in [4.78, 5) is 19.5. The number of nitrogens with one attached hydrogen (secondary N) is 1. The molecule has 1 N–H and O–H groups in total. The van der Waals surface area contributed by atoms with Gasteiger partial charge in [0.2, 0.25) is 5.91 Å². The molecule has 0 saturated carbocycles. The lowest BCUT2D eigenvalue weighted by atomic mass is 10.2. The van der Waals surface area contributed by atoms with E-state index < -0.39 is 0 Å². The zero-order valence-electron chi connectivity index (χ0n) is 16.2. The molecule has 152 valence electrons. The number of morpholine rings is 1. The molecule has 0 aliphatic carbocycles. The number of carbonyl (C=O) groups is 1. The zero-order valence-corrected chi connectivity index (χ0v) is 17.8. The number of ether oxygens (including phenoxy) is 1. The maximum Gasteiger partial charge on any atom is 0.234 e. The van der Waals surface area contributed by atoms with Crippen molar-refractivity contribution in [1.29, 1.82) is 0 Å². The molecule has 0 radical (unpaired) electrons. The van der Waals surface area contributed by atoms with Gasteiger partial charge >= 0.3 is 0 Å². The van der Waals surface area contributed by atoms with Crippen molar-refractivity contribution in [1.82, 2.24) is 9.55 Å². The second-order valence-electron chi connectivity index (χ2n) is 6.70. The minimum atomic E-state index is -0.0820. The van der Waals surface area contributed by atoms with Gasteiger partial charge in [-0.1, -0.05) is 41.6 Å². The van der Waals surface area contributed by atoms with Crippen molar-refractivity contribution in [2.45, 2.75) is 18.6 Å². The fraction of sp³-hybridized carbons (Fsp3) is 0.333. The summed E-state index contributed by atoms with van der Waals surface area (Å²) >= 11 is 7.90. The third-order valence-electron chi connectivity index (χ3n) is 4.86. The van der Waals surface area contributed by atoms with Crippen LogP contribution in [0.2, 0.25) is 5.02 Å². The van der Waals surface area contributed by atoms with E-state index in [0.717, 1.165) is 47.2 Å². The molecule has 4 rings (SSSR count). The molecule has 8 heteroatoms. The second-order valence-corrected chi connectivity index (χ2v) is 8.05. The van der Waals surface area contributed by atoms with E-state index in [9.17, 15) is 4.79 Å². The van der Waals surface area contributed by atoms with Crippen LogP contribution >= 0.6 is 23.4 Å². The van der Waals surface area contributed by atoms with Crippen molar-refractivity contribution >= 4 is 51.7 Å². The number of para-hydroxylation sites is 3. The molecule has 1 saturated heterocycles. The predicted molar refractivity (Wildman–Crippen MR) is 119 cm³/mol. The first-order valence-corrected chi connectivity index (χ1v) is 11.0. The molecule has 6 nitrogen and oxygen atoms in total. The van der Waals surface area contributed by atoms with Crippen LogP contribution < -0.4 is 10.2 Å². The zero-order chi connectivity index (χ0) is 20.2. The van der Waals surface area contributed by atoms with Gasteiger partial charge in [-0.2, -0.15) is 0 Å². The molecule has 0 unspecified atom stereocenters. The van der Waals surface area contributed by atoms with Crippen molar-refractivity contribution in [2.24, 2.45) is 0 Å². The summed E-state index contributed by atoms with van der Waals surface area (Å²) in [5, 5.41) is 4.51. The number of benzene rings is 2. The number of imidazole rings is 1. The van der Waals surface area contributed by atoms with Crippen LogP contribution in [0.4, 0.5) is 11.4 Å². The molecule has 3 aromatic rings. The van der Waals surface area contributed by atoms with Crippen LogP contribution in [0.25, 0.3) is 11.0 Å². The number of hydrogen-bond donors (Lipinski definition) is 1. The van der Waals surface area contributed by atoms with E-state index in [1.54, 1.807) is 0 Å². The number of amides is 1. The molecule has 1 fully saturated rings. The van der Waals surface area contributed by atoms with Crippen molar-refractivity contribution in [3.8, 4) is 0 Å². The number of aromatic nitrogens is 2. The Hall–Kier alpha value is -2.22. The molecule has 0 bridgehead atoms. The number of fused-ring (bicyclic) bond motifs is 1. The van der Waals surface area contributed by atoms with Gasteiger partial charge in [-0.3, -0.25) is 4.79 Å². The average Bonchev–Trinajstić information content (AvgIpc) is 3.10. The first kappa shape index (κ1) is 20.1. The third kappa shape index (κ3) is 4.37. The Morgan fingerprint density at radius 1 is 1.21 bits per heavy atom. The lowest BCUT2D eigenvalue weighted by Crippen LogP contribution is -2.37. The molecular formula is C21H23ClN4O2S. The van der Waals surface area contributed by atoms with Gasteiger partial charge in [0.25, 0.3) is 0 Å². The normalized spacial score (nSPS) is 14.3. The number of thioether (sulfide) groups is 1. The SMILES string of the molecule is CCn1c(SCC(=O)Nc2cccc(Cl)c2N2CCOCC2)nc2ccccc21. The number of aryl methyl sites for hydroxylation is 1.